The predicted octanol–water partition coefficient (Wildman–Crippen LogP) is 0.102. The molecule has 0 aliphatic heterocycles. The molecule has 0 aliphatic rings. The van der Waals surface area contributed by atoms with Gasteiger partial charge in [-0.1, -0.05) is 0 Å². The van der Waals surface area contributed by atoms with Gasteiger partial charge < -0.3 is 11.1 Å². The van der Waals surface area contributed by atoms with Crippen molar-refractivity contribution < 1.29 is 8.42 Å². The standard InChI is InChI=1S/C10H14N4O2S/c1-17(15,16)14-5-4-13-9-2-3-10(12)8(6-9)7-11/h2-3,6,13-14H,4-5,12H2,1H3. The monoisotopic (exact) mass is 254 g/mol. The zero-order valence-corrected chi connectivity index (χ0v) is 10.2. The summed E-state index contributed by atoms with van der Waals surface area (Å²) in [4.78, 5) is 0. The van der Waals surface area contributed by atoms with E-state index in [4.69, 9.17) is 11.0 Å². The van der Waals surface area contributed by atoms with E-state index >= 15 is 0 Å². The molecule has 0 fully saturated rings. The fourth-order valence-corrected chi connectivity index (χ4v) is 1.68. The first kappa shape index (κ1) is 13.3. The summed E-state index contributed by atoms with van der Waals surface area (Å²) in [5.41, 5.74) is 7.12. The molecular weight excluding hydrogens is 240 g/mol. The number of rotatable bonds is 5. The molecule has 17 heavy (non-hydrogen) atoms. The highest BCUT2D eigenvalue weighted by atomic mass is 32.2. The van der Waals surface area contributed by atoms with Gasteiger partial charge in [-0.3, -0.25) is 0 Å². The van der Waals surface area contributed by atoms with Gasteiger partial charge in [-0.25, -0.2) is 13.1 Å². The Morgan fingerprint density at radius 3 is 2.71 bits per heavy atom. The van der Waals surface area contributed by atoms with Gasteiger partial charge in [0.1, 0.15) is 6.07 Å². The fraction of sp³-hybridized carbons (Fsp3) is 0.300. The van der Waals surface area contributed by atoms with Gasteiger partial charge in [-0.05, 0) is 18.2 Å². The summed E-state index contributed by atoms with van der Waals surface area (Å²) in [5, 5.41) is 11.8. The molecule has 0 amide bonds. The normalized spacial score (nSPS) is 10.8. The van der Waals surface area contributed by atoms with E-state index in [1.54, 1.807) is 18.2 Å². The molecular formula is C10H14N4O2S. The van der Waals surface area contributed by atoms with E-state index in [1.165, 1.54) is 0 Å². The summed E-state index contributed by atoms with van der Waals surface area (Å²) in [5.74, 6) is 0. The molecule has 1 aromatic carbocycles. The SMILES string of the molecule is CS(=O)(=O)NCCNc1ccc(N)c(C#N)c1. The van der Waals surface area contributed by atoms with Crippen molar-refractivity contribution in [3.63, 3.8) is 0 Å². The smallest absolute Gasteiger partial charge is 0.208 e. The van der Waals surface area contributed by atoms with Crippen molar-refractivity contribution in [2.45, 2.75) is 0 Å². The Morgan fingerprint density at radius 2 is 2.12 bits per heavy atom. The Bertz CT molecular complexity index is 534. The van der Waals surface area contributed by atoms with Gasteiger partial charge in [-0.15, -0.1) is 0 Å². The van der Waals surface area contributed by atoms with Crippen LogP contribution in [-0.2, 0) is 10.0 Å². The maximum atomic E-state index is 10.8. The third-order valence-electron chi connectivity index (χ3n) is 1.99. The molecule has 1 aromatic rings. The van der Waals surface area contributed by atoms with Crippen LogP contribution in [0.1, 0.15) is 5.56 Å². The van der Waals surface area contributed by atoms with Crippen LogP contribution in [0, 0.1) is 11.3 Å². The average Bonchev–Trinajstić information content (AvgIpc) is 2.25. The first-order chi connectivity index (χ1) is 7.92. The minimum absolute atomic E-state index is 0.283. The maximum Gasteiger partial charge on any atom is 0.208 e. The van der Waals surface area contributed by atoms with E-state index in [0.717, 1.165) is 11.9 Å². The second-order valence-corrected chi connectivity index (χ2v) is 5.34. The van der Waals surface area contributed by atoms with Crippen molar-refractivity contribution in [3.8, 4) is 6.07 Å². The molecule has 0 bridgehead atoms. The van der Waals surface area contributed by atoms with Crippen LogP contribution in [0.3, 0.4) is 0 Å². The fourth-order valence-electron chi connectivity index (χ4n) is 1.21. The lowest BCUT2D eigenvalue weighted by Crippen LogP contribution is -2.27. The van der Waals surface area contributed by atoms with Crippen LogP contribution < -0.4 is 15.8 Å². The van der Waals surface area contributed by atoms with Crippen LogP contribution in [-0.4, -0.2) is 27.8 Å². The van der Waals surface area contributed by atoms with Crippen LogP contribution in [0.15, 0.2) is 18.2 Å². The first-order valence-electron chi connectivity index (χ1n) is 4.90. The first-order valence-corrected chi connectivity index (χ1v) is 6.79. The van der Waals surface area contributed by atoms with Gasteiger partial charge in [0.25, 0.3) is 0 Å². The number of nitrogen functional groups attached to an aromatic ring is 1. The van der Waals surface area contributed by atoms with E-state index in [0.29, 0.717) is 17.8 Å². The number of nitrogens with two attached hydrogens (primary N) is 1. The second-order valence-electron chi connectivity index (χ2n) is 3.51. The van der Waals surface area contributed by atoms with E-state index in [9.17, 15) is 8.42 Å². The number of hydrogen-bond acceptors (Lipinski definition) is 5. The van der Waals surface area contributed by atoms with Crippen molar-refractivity contribution >= 4 is 21.4 Å². The number of anilines is 2. The Balaban J connectivity index is 2.51. The minimum atomic E-state index is -3.16. The molecule has 0 saturated heterocycles. The number of sulfonamides is 1. The van der Waals surface area contributed by atoms with Crippen LogP contribution in [0.25, 0.3) is 0 Å². The number of nitrogens with one attached hydrogen (secondary N) is 2. The Kier molecular flexibility index (Phi) is 4.31. The lowest BCUT2D eigenvalue weighted by Gasteiger charge is -2.07. The van der Waals surface area contributed by atoms with Gasteiger partial charge in [0.15, 0.2) is 0 Å². The lowest BCUT2D eigenvalue weighted by molar-refractivity contribution is 0.589. The molecule has 92 valence electrons. The molecule has 0 unspecified atom stereocenters. The molecule has 0 saturated carbocycles. The molecule has 0 aliphatic carbocycles. The molecule has 0 aromatic heterocycles. The summed E-state index contributed by atoms with van der Waals surface area (Å²) in [6.07, 6.45) is 1.10. The molecule has 4 N–H and O–H groups in total. The van der Waals surface area contributed by atoms with Gasteiger partial charge in [-0.2, -0.15) is 5.26 Å². The van der Waals surface area contributed by atoms with Crippen LogP contribution in [0.2, 0.25) is 0 Å². The number of nitrogens with zero attached hydrogens (tertiary/aromatic N) is 1. The third kappa shape index (κ3) is 4.72. The van der Waals surface area contributed by atoms with E-state index in [-0.39, 0.29) is 6.54 Å². The van der Waals surface area contributed by atoms with Gasteiger partial charge in [0.05, 0.1) is 11.8 Å². The Hall–Kier alpha value is -1.78. The molecule has 0 heterocycles. The summed E-state index contributed by atoms with van der Waals surface area (Å²) < 4.78 is 23.9. The molecule has 0 atom stereocenters. The number of hydrogen-bond donors (Lipinski definition) is 3. The summed E-state index contributed by atoms with van der Waals surface area (Å²) in [6.45, 7) is 0.715. The Labute approximate surface area is 100 Å². The van der Waals surface area contributed by atoms with Gasteiger partial charge in [0, 0.05) is 24.5 Å². The van der Waals surface area contributed by atoms with E-state index < -0.39 is 10.0 Å². The largest absolute Gasteiger partial charge is 0.398 e. The lowest BCUT2D eigenvalue weighted by atomic mass is 10.2. The van der Waals surface area contributed by atoms with E-state index in [1.807, 2.05) is 6.07 Å². The van der Waals surface area contributed by atoms with Crippen molar-refractivity contribution in [1.29, 1.82) is 5.26 Å². The van der Waals surface area contributed by atoms with Crippen molar-refractivity contribution in [1.82, 2.24) is 4.72 Å². The van der Waals surface area contributed by atoms with Crippen molar-refractivity contribution in [2.24, 2.45) is 0 Å². The number of nitriles is 1. The van der Waals surface area contributed by atoms with E-state index in [2.05, 4.69) is 10.0 Å². The van der Waals surface area contributed by atoms with Crippen LogP contribution >= 0.6 is 0 Å². The zero-order chi connectivity index (χ0) is 12.9. The third-order valence-corrected chi connectivity index (χ3v) is 2.72. The van der Waals surface area contributed by atoms with Gasteiger partial charge >= 0.3 is 0 Å². The highest BCUT2D eigenvalue weighted by Crippen LogP contribution is 2.16. The topological polar surface area (TPSA) is 108 Å². The average molecular weight is 254 g/mol. The van der Waals surface area contributed by atoms with Gasteiger partial charge in [0.2, 0.25) is 10.0 Å². The highest BCUT2D eigenvalue weighted by Gasteiger charge is 2.01. The Morgan fingerprint density at radius 1 is 1.41 bits per heavy atom. The molecule has 6 nitrogen and oxygen atoms in total. The van der Waals surface area contributed by atoms with Crippen LogP contribution in [0.5, 0.6) is 0 Å². The minimum Gasteiger partial charge on any atom is -0.398 e. The molecule has 1 rings (SSSR count). The van der Waals surface area contributed by atoms with Crippen LogP contribution in [0.4, 0.5) is 11.4 Å². The van der Waals surface area contributed by atoms with Crippen molar-refractivity contribution in [2.75, 3.05) is 30.4 Å². The predicted molar refractivity (Wildman–Crippen MR) is 66.9 cm³/mol. The second kappa shape index (κ2) is 5.52. The number of benzene rings is 1. The quantitative estimate of drug-likeness (QED) is 0.510. The summed E-state index contributed by atoms with van der Waals surface area (Å²) in [6, 6.07) is 6.96. The summed E-state index contributed by atoms with van der Waals surface area (Å²) in [7, 11) is -3.16. The maximum absolute atomic E-state index is 10.8. The zero-order valence-electron chi connectivity index (χ0n) is 9.40. The molecule has 0 spiro atoms. The molecule has 7 heteroatoms. The van der Waals surface area contributed by atoms with Crippen molar-refractivity contribution in [3.05, 3.63) is 23.8 Å². The summed E-state index contributed by atoms with van der Waals surface area (Å²) >= 11 is 0. The molecule has 0 radical (unpaired) electrons. The highest BCUT2D eigenvalue weighted by molar-refractivity contribution is 7.88.